The number of hydrogen-bond acceptors (Lipinski definition) is 3. The minimum absolute atomic E-state index is 0.0307. The molecule has 0 aromatic carbocycles. The summed E-state index contributed by atoms with van der Waals surface area (Å²) in [6.07, 6.45) is 0.685. The van der Waals surface area contributed by atoms with E-state index in [1.165, 1.54) is 0 Å². The SMILES string of the molecule is CC(Br)C(=O)C(C)Br.CC(Br)C(O)C(C)Br.CC(Br)C1OC1C. The highest BCUT2D eigenvalue weighted by Crippen LogP contribution is 2.28. The maximum Gasteiger partial charge on any atom is 0.159 e. The van der Waals surface area contributed by atoms with E-state index < -0.39 is 0 Å². The fraction of sp³-hybridized carbons (Fsp3) is 0.933. The fourth-order valence-corrected chi connectivity index (χ4v) is 4.39. The van der Waals surface area contributed by atoms with E-state index in [1.807, 2.05) is 27.7 Å². The molecule has 1 aliphatic heterocycles. The first-order valence-corrected chi connectivity index (χ1v) is 12.0. The molecule has 1 fully saturated rings. The predicted octanol–water partition coefficient (Wildman–Crippen LogP) is 5.59. The molecule has 1 heterocycles. The van der Waals surface area contributed by atoms with Gasteiger partial charge in [0.1, 0.15) is 0 Å². The summed E-state index contributed by atoms with van der Waals surface area (Å²) in [6, 6.07) is 0. The molecule has 0 saturated carbocycles. The highest BCUT2D eigenvalue weighted by atomic mass is 79.9. The number of rotatable bonds is 5. The monoisotopic (exact) mass is 650 g/mol. The van der Waals surface area contributed by atoms with Gasteiger partial charge in [0.25, 0.3) is 0 Å². The van der Waals surface area contributed by atoms with E-state index >= 15 is 0 Å². The van der Waals surface area contributed by atoms with Crippen molar-refractivity contribution in [2.24, 2.45) is 0 Å². The van der Waals surface area contributed by atoms with Gasteiger partial charge in [0.15, 0.2) is 5.78 Å². The average molecular weight is 655 g/mol. The lowest BCUT2D eigenvalue weighted by molar-refractivity contribution is -0.117. The van der Waals surface area contributed by atoms with Crippen LogP contribution in [0.25, 0.3) is 0 Å². The molecule has 1 rings (SSSR count). The number of alkyl halides is 5. The molecule has 0 amide bonds. The smallest absolute Gasteiger partial charge is 0.159 e. The summed E-state index contributed by atoms with van der Waals surface area (Å²) in [6.45, 7) is 11.7. The maximum absolute atomic E-state index is 10.7. The van der Waals surface area contributed by atoms with Crippen molar-refractivity contribution in [2.45, 2.75) is 84.0 Å². The van der Waals surface area contributed by atoms with Crippen molar-refractivity contribution in [1.82, 2.24) is 0 Å². The molecule has 0 aliphatic carbocycles. The number of aliphatic hydroxyl groups is 1. The molecule has 0 spiro atoms. The number of ketones is 1. The lowest BCUT2D eigenvalue weighted by Gasteiger charge is -2.14. The first-order chi connectivity index (χ1) is 10.3. The quantitative estimate of drug-likeness (QED) is 0.311. The minimum Gasteiger partial charge on any atom is -0.391 e. The normalized spacial score (nSPS) is 27.0. The van der Waals surface area contributed by atoms with Crippen LogP contribution in [0.5, 0.6) is 0 Å². The minimum atomic E-state index is -0.296. The number of hydrogen-bond donors (Lipinski definition) is 1. The molecule has 7 unspecified atom stereocenters. The van der Waals surface area contributed by atoms with Gasteiger partial charge in [0.2, 0.25) is 0 Å². The lowest BCUT2D eigenvalue weighted by Crippen LogP contribution is -2.25. The van der Waals surface area contributed by atoms with Crippen LogP contribution in [-0.4, -0.2) is 53.3 Å². The maximum atomic E-state index is 10.7. The number of carbonyl (C=O) groups is 1. The highest BCUT2D eigenvalue weighted by Gasteiger charge is 2.37. The van der Waals surface area contributed by atoms with E-state index in [0.29, 0.717) is 17.0 Å². The second-order valence-electron chi connectivity index (χ2n) is 5.46. The molecule has 1 saturated heterocycles. The molecule has 0 radical (unpaired) electrons. The Hall–Kier alpha value is 1.99. The first-order valence-electron chi connectivity index (χ1n) is 7.40. The van der Waals surface area contributed by atoms with Crippen LogP contribution in [0.1, 0.15) is 41.5 Å². The standard InChI is InChI=1S/C5H10Br2O.C5H8Br2O.C5H9BrO/c2*1-3(6)5(8)4(2)7;1-3(6)5-4(2)7-5/h3-5,8H,1-2H3;3-4H,1-2H3;3-5H,1-2H3. The molecule has 1 aliphatic rings. The molecule has 0 aromatic rings. The Morgan fingerprint density at radius 3 is 1.22 bits per heavy atom. The lowest BCUT2D eigenvalue weighted by atomic mass is 10.2. The highest BCUT2D eigenvalue weighted by molar-refractivity contribution is 9.11. The van der Waals surface area contributed by atoms with E-state index in [4.69, 9.17) is 9.84 Å². The predicted molar refractivity (Wildman–Crippen MR) is 117 cm³/mol. The van der Waals surface area contributed by atoms with Gasteiger partial charge in [0.05, 0.1) is 28.0 Å². The van der Waals surface area contributed by atoms with E-state index in [-0.39, 0.29) is 31.2 Å². The Bertz CT molecular complexity index is 304. The summed E-state index contributed by atoms with van der Waals surface area (Å²) < 4.78 is 5.13. The molecule has 8 heteroatoms. The molecule has 0 aromatic heterocycles. The van der Waals surface area contributed by atoms with Crippen molar-refractivity contribution in [1.29, 1.82) is 0 Å². The van der Waals surface area contributed by atoms with Crippen LogP contribution in [-0.2, 0) is 9.53 Å². The zero-order valence-corrected chi connectivity index (χ0v) is 22.2. The van der Waals surface area contributed by atoms with Gasteiger partial charge < -0.3 is 9.84 Å². The van der Waals surface area contributed by atoms with Crippen molar-refractivity contribution in [2.75, 3.05) is 0 Å². The van der Waals surface area contributed by atoms with Crippen molar-refractivity contribution in [3.8, 4) is 0 Å². The molecule has 7 atom stereocenters. The van der Waals surface area contributed by atoms with Gasteiger partial charge in [-0.3, -0.25) is 4.79 Å². The fourth-order valence-electron chi connectivity index (χ4n) is 1.37. The first kappa shape index (κ1) is 27.2. The van der Waals surface area contributed by atoms with Gasteiger partial charge in [-0.1, -0.05) is 100 Å². The van der Waals surface area contributed by atoms with Crippen molar-refractivity contribution in [3.63, 3.8) is 0 Å². The Morgan fingerprint density at radius 1 is 0.913 bits per heavy atom. The van der Waals surface area contributed by atoms with Gasteiger partial charge >= 0.3 is 0 Å². The van der Waals surface area contributed by atoms with Crippen LogP contribution >= 0.6 is 79.6 Å². The zero-order valence-electron chi connectivity index (χ0n) is 14.3. The summed E-state index contributed by atoms with van der Waals surface area (Å²) in [4.78, 5) is 11.5. The van der Waals surface area contributed by atoms with Gasteiger partial charge in [-0.2, -0.15) is 0 Å². The number of epoxide rings is 1. The summed E-state index contributed by atoms with van der Waals surface area (Å²) in [5.41, 5.74) is 0. The third kappa shape index (κ3) is 14.8. The topological polar surface area (TPSA) is 49.8 Å². The van der Waals surface area contributed by atoms with Gasteiger partial charge in [0, 0.05) is 14.5 Å². The molecule has 3 nitrogen and oxygen atoms in total. The van der Waals surface area contributed by atoms with Crippen LogP contribution in [0.4, 0.5) is 0 Å². The molecule has 140 valence electrons. The summed E-state index contributed by atoms with van der Waals surface area (Å²) in [7, 11) is 0. The van der Waals surface area contributed by atoms with Crippen LogP contribution in [0.15, 0.2) is 0 Å². The Morgan fingerprint density at radius 2 is 1.22 bits per heavy atom. The largest absolute Gasteiger partial charge is 0.391 e. The van der Waals surface area contributed by atoms with Crippen LogP contribution < -0.4 is 0 Å². The zero-order chi connectivity index (χ0) is 18.9. The summed E-state index contributed by atoms with van der Waals surface area (Å²) in [5, 5.41) is 9.11. The van der Waals surface area contributed by atoms with Crippen molar-refractivity contribution < 1.29 is 14.6 Å². The van der Waals surface area contributed by atoms with E-state index in [0.717, 1.165) is 0 Å². The van der Waals surface area contributed by atoms with Gasteiger partial charge in [-0.25, -0.2) is 0 Å². The summed E-state index contributed by atoms with van der Waals surface area (Å²) in [5.74, 6) is 0.185. The molecular formula is C15H27Br5O3. The Balaban J connectivity index is 0. The number of Topliss-reactive ketones (excluding diaryl/α,β-unsaturated/α-hetero) is 1. The molecular weight excluding hydrogens is 628 g/mol. The Labute approximate surface area is 182 Å². The Kier molecular flexibility index (Phi) is 16.7. The number of ether oxygens (including phenoxy) is 1. The molecule has 23 heavy (non-hydrogen) atoms. The van der Waals surface area contributed by atoms with Gasteiger partial charge in [-0.15, -0.1) is 0 Å². The van der Waals surface area contributed by atoms with Crippen LogP contribution in [0, 0.1) is 0 Å². The van der Waals surface area contributed by atoms with Crippen molar-refractivity contribution in [3.05, 3.63) is 0 Å². The number of aliphatic hydroxyl groups excluding tert-OH is 1. The van der Waals surface area contributed by atoms with E-state index in [1.54, 1.807) is 0 Å². The van der Waals surface area contributed by atoms with Crippen LogP contribution in [0.3, 0.4) is 0 Å². The van der Waals surface area contributed by atoms with E-state index in [9.17, 15) is 4.79 Å². The second-order valence-corrected chi connectivity index (χ2v) is 12.5. The second kappa shape index (κ2) is 14.1. The molecule has 0 bridgehead atoms. The third-order valence-electron chi connectivity index (χ3n) is 2.94. The van der Waals surface area contributed by atoms with Crippen LogP contribution in [0.2, 0.25) is 0 Å². The van der Waals surface area contributed by atoms with E-state index in [2.05, 4.69) is 93.5 Å². The van der Waals surface area contributed by atoms with Gasteiger partial charge in [-0.05, 0) is 20.8 Å². The number of halogens is 5. The third-order valence-corrected chi connectivity index (χ3v) is 5.44. The average Bonchev–Trinajstić information content (AvgIpc) is 3.15. The van der Waals surface area contributed by atoms with Crippen molar-refractivity contribution >= 4 is 85.4 Å². The molecule has 1 N–H and O–H groups in total. The number of carbonyl (C=O) groups excluding carboxylic acids is 1. The summed E-state index contributed by atoms with van der Waals surface area (Å²) >= 11 is 16.3.